The van der Waals surface area contributed by atoms with Gasteiger partial charge in [0.1, 0.15) is 5.75 Å². The number of nitrogens with zero attached hydrogens (tertiary/aromatic N) is 2. The highest BCUT2D eigenvalue weighted by Gasteiger charge is 2.24. The predicted octanol–water partition coefficient (Wildman–Crippen LogP) is 2.66. The molecule has 29 heavy (non-hydrogen) atoms. The SMILES string of the molecule is COc1ccccc1NS(=O)(=O)c1cccc(C(=O)N2CCN(C(C)C)CC2)c1. The van der Waals surface area contributed by atoms with Crippen LogP contribution in [0.5, 0.6) is 5.75 Å². The summed E-state index contributed by atoms with van der Waals surface area (Å²) in [6.07, 6.45) is 0. The van der Waals surface area contributed by atoms with Gasteiger partial charge in [0.25, 0.3) is 15.9 Å². The lowest BCUT2D eigenvalue weighted by atomic mass is 10.1. The van der Waals surface area contributed by atoms with Crippen molar-refractivity contribution in [3.63, 3.8) is 0 Å². The number of para-hydroxylation sites is 2. The molecule has 0 saturated carbocycles. The number of amides is 1. The van der Waals surface area contributed by atoms with Gasteiger partial charge < -0.3 is 9.64 Å². The van der Waals surface area contributed by atoms with Crippen LogP contribution in [0.1, 0.15) is 24.2 Å². The quantitative estimate of drug-likeness (QED) is 0.782. The second kappa shape index (κ2) is 8.84. The molecule has 7 nitrogen and oxygen atoms in total. The summed E-state index contributed by atoms with van der Waals surface area (Å²) in [4.78, 5) is 17.0. The van der Waals surface area contributed by atoms with E-state index >= 15 is 0 Å². The third kappa shape index (κ3) is 4.89. The van der Waals surface area contributed by atoms with E-state index in [9.17, 15) is 13.2 Å². The number of hydrogen-bond acceptors (Lipinski definition) is 5. The molecule has 0 unspecified atom stereocenters. The van der Waals surface area contributed by atoms with Crippen LogP contribution in [0.25, 0.3) is 0 Å². The largest absolute Gasteiger partial charge is 0.495 e. The standard InChI is InChI=1S/C21H27N3O4S/c1-16(2)23-11-13-24(14-12-23)21(25)17-7-6-8-18(15-17)29(26,27)22-19-9-4-5-10-20(19)28-3/h4-10,15-16,22H,11-14H2,1-3H3. The van der Waals surface area contributed by atoms with Crippen LogP contribution >= 0.6 is 0 Å². The van der Waals surface area contributed by atoms with Crippen molar-refractivity contribution in [3.05, 3.63) is 54.1 Å². The fraction of sp³-hybridized carbons (Fsp3) is 0.381. The number of ether oxygens (including phenoxy) is 1. The van der Waals surface area contributed by atoms with E-state index in [0.29, 0.717) is 36.1 Å². The van der Waals surface area contributed by atoms with Crippen molar-refractivity contribution in [1.29, 1.82) is 0 Å². The van der Waals surface area contributed by atoms with Crippen LogP contribution in [0.3, 0.4) is 0 Å². The number of sulfonamides is 1. The molecular weight excluding hydrogens is 390 g/mol. The third-order valence-corrected chi connectivity index (χ3v) is 6.44. The summed E-state index contributed by atoms with van der Waals surface area (Å²) in [7, 11) is -2.38. The van der Waals surface area contributed by atoms with Gasteiger partial charge in [-0.25, -0.2) is 8.42 Å². The zero-order valence-corrected chi connectivity index (χ0v) is 17.8. The number of piperazine rings is 1. The lowest BCUT2D eigenvalue weighted by molar-refractivity contribution is 0.0595. The summed E-state index contributed by atoms with van der Waals surface area (Å²) in [6, 6.07) is 13.4. The molecule has 2 aromatic rings. The number of anilines is 1. The van der Waals surface area contributed by atoms with Gasteiger partial charge in [-0.2, -0.15) is 0 Å². The van der Waals surface area contributed by atoms with Crippen molar-refractivity contribution in [1.82, 2.24) is 9.80 Å². The molecule has 0 radical (unpaired) electrons. The van der Waals surface area contributed by atoms with Crippen LogP contribution in [0.4, 0.5) is 5.69 Å². The first kappa shape index (κ1) is 21.1. The summed E-state index contributed by atoms with van der Waals surface area (Å²) in [6.45, 7) is 7.18. The molecule has 156 valence electrons. The molecule has 0 atom stereocenters. The molecule has 1 fully saturated rings. The van der Waals surface area contributed by atoms with Crippen molar-refractivity contribution in [2.45, 2.75) is 24.8 Å². The molecule has 1 amide bonds. The van der Waals surface area contributed by atoms with Gasteiger partial charge in [-0.05, 0) is 44.2 Å². The molecule has 0 aliphatic carbocycles. The molecule has 1 N–H and O–H groups in total. The monoisotopic (exact) mass is 417 g/mol. The third-order valence-electron chi connectivity index (χ3n) is 5.07. The summed E-state index contributed by atoms with van der Waals surface area (Å²) in [5.74, 6) is 0.272. The van der Waals surface area contributed by atoms with E-state index in [-0.39, 0.29) is 10.8 Å². The second-order valence-electron chi connectivity index (χ2n) is 7.26. The van der Waals surface area contributed by atoms with Gasteiger partial charge in [0.15, 0.2) is 0 Å². The minimum Gasteiger partial charge on any atom is -0.495 e. The van der Waals surface area contributed by atoms with Crippen LogP contribution in [0.2, 0.25) is 0 Å². The molecular formula is C21H27N3O4S. The highest BCUT2D eigenvalue weighted by atomic mass is 32.2. The maximum Gasteiger partial charge on any atom is 0.262 e. The first-order valence-electron chi connectivity index (χ1n) is 9.61. The average molecular weight is 418 g/mol. The molecule has 2 aromatic carbocycles. The Hall–Kier alpha value is -2.58. The Morgan fingerprint density at radius 1 is 1.03 bits per heavy atom. The van der Waals surface area contributed by atoms with Gasteiger partial charge in [-0.15, -0.1) is 0 Å². The van der Waals surface area contributed by atoms with Crippen LogP contribution in [0, 0.1) is 0 Å². The number of hydrogen-bond donors (Lipinski definition) is 1. The Morgan fingerprint density at radius 2 is 1.72 bits per heavy atom. The van der Waals surface area contributed by atoms with Crippen molar-refractivity contribution in [2.75, 3.05) is 38.0 Å². The van der Waals surface area contributed by atoms with E-state index in [2.05, 4.69) is 23.5 Å². The minimum absolute atomic E-state index is 0.0371. The smallest absolute Gasteiger partial charge is 0.262 e. The minimum atomic E-state index is -3.86. The average Bonchev–Trinajstić information content (AvgIpc) is 2.73. The summed E-state index contributed by atoms with van der Waals surface area (Å²) in [5.41, 5.74) is 0.711. The van der Waals surface area contributed by atoms with Gasteiger partial charge in [-0.1, -0.05) is 18.2 Å². The molecule has 1 heterocycles. The van der Waals surface area contributed by atoms with Gasteiger partial charge >= 0.3 is 0 Å². The van der Waals surface area contributed by atoms with Crippen LogP contribution in [0.15, 0.2) is 53.4 Å². The van der Waals surface area contributed by atoms with E-state index < -0.39 is 10.0 Å². The van der Waals surface area contributed by atoms with Crippen LogP contribution in [-0.2, 0) is 10.0 Å². The number of carbonyl (C=O) groups excluding carboxylic acids is 1. The number of carbonyl (C=O) groups is 1. The van der Waals surface area contributed by atoms with Gasteiger partial charge in [-0.3, -0.25) is 14.4 Å². The Kier molecular flexibility index (Phi) is 6.44. The number of rotatable bonds is 6. The lowest BCUT2D eigenvalue weighted by Gasteiger charge is -2.37. The summed E-state index contributed by atoms with van der Waals surface area (Å²) in [5, 5.41) is 0. The maximum atomic E-state index is 12.9. The van der Waals surface area contributed by atoms with Crippen molar-refractivity contribution >= 4 is 21.6 Å². The molecule has 1 aliphatic heterocycles. The van der Waals surface area contributed by atoms with E-state index in [0.717, 1.165) is 13.1 Å². The Bertz CT molecular complexity index is 967. The van der Waals surface area contributed by atoms with E-state index in [1.54, 1.807) is 41.3 Å². The molecule has 1 saturated heterocycles. The number of benzene rings is 2. The normalized spacial score (nSPS) is 15.4. The van der Waals surface area contributed by atoms with E-state index in [1.807, 2.05) is 0 Å². The topological polar surface area (TPSA) is 78.9 Å². The fourth-order valence-corrected chi connectivity index (χ4v) is 4.47. The molecule has 1 aliphatic rings. The zero-order chi connectivity index (χ0) is 21.0. The summed E-state index contributed by atoms with van der Waals surface area (Å²) < 4.78 is 33.4. The highest BCUT2D eigenvalue weighted by molar-refractivity contribution is 7.92. The Morgan fingerprint density at radius 3 is 2.38 bits per heavy atom. The fourth-order valence-electron chi connectivity index (χ4n) is 3.35. The highest BCUT2D eigenvalue weighted by Crippen LogP contribution is 2.26. The molecule has 8 heteroatoms. The Balaban J connectivity index is 1.77. The van der Waals surface area contributed by atoms with Crippen molar-refractivity contribution < 1.29 is 17.9 Å². The first-order chi connectivity index (χ1) is 13.8. The lowest BCUT2D eigenvalue weighted by Crippen LogP contribution is -2.50. The molecule has 0 aromatic heterocycles. The molecule has 0 bridgehead atoms. The number of nitrogens with one attached hydrogen (secondary N) is 1. The van der Waals surface area contributed by atoms with Crippen LogP contribution < -0.4 is 9.46 Å². The predicted molar refractivity (Wildman–Crippen MR) is 113 cm³/mol. The van der Waals surface area contributed by atoms with Crippen molar-refractivity contribution in [2.24, 2.45) is 0 Å². The van der Waals surface area contributed by atoms with E-state index in [1.165, 1.54) is 19.2 Å². The van der Waals surface area contributed by atoms with Gasteiger partial charge in [0.05, 0.1) is 17.7 Å². The zero-order valence-electron chi connectivity index (χ0n) is 17.0. The second-order valence-corrected chi connectivity index (χ2v) is 8.94. The maximum absolute atomic E-state index is 12.9. The molecule has 3 rings (SSSR count). The number of methoxy groups -OCH3 is 1. The summed E-state index contributed by atoms with van der Waals surface area (Å²) >= 11 is 0. The Labute approximate surface area is 172 Å². The van der Waals surface area contributed by atoms with Gasteiger partial charge in [0.2, 0.25) is 0 Å². The van der Waals surface area contributed by atoms with Crippen LogP contribution in [-0.4, -0.2) is 63.5 Å². The molecule has 0 spiro atoms. The first-order valence-corrected chi connectivity index (χ1v) is 11.1. The van der Waals surface area contributed by atoms with Crippen molar-refractivity contribution in [3.8, 4) is 5.75 Å². The van der Waals surface area contributed by atoms with Gasteiger partial charge in [0, 0.05) is 37.8 Å². The van der Waals surface area contributed by atoms with E-state index in [4.69, 9.17) is 4.74 Å².